The third-order valence-corrected chi connectivity index (χ3v) is 3.02. The second kappa shape index (κ2) is 7.59. The van der Waals surface area contributed by atoms with Gasteiger partial charge in [0.1, 0.15) is 0 Å². The molecule has 0 fully saturated rings. The van der Waals surface area contributed by atoms with Crippen LogP contribution in [0.3, 0.4) is 0 Å². The molecule has 0 bridgehead atoms. The second-order valence-corrected chi connectivity index (χ2v) is 4.49. The first-order valence-electron chi connectivity index (χ1n) is 5.22. The van der Waals surface area contributed by atoms with Gasteiger partial charge >= 0.3 is 29.6 Å². The molecule has 7 heteroatoms. The Bertz CT molecular complexity index is 543. The van der Waals surface area contributed by atoms with Crippen molar-refractivity contribution in [3.05, 3.63) is 35.9 Å². The quantitative estimate of drug-likeness (QED) is 0.563. The first-order valence-corrected chi connectivity index (χ1v) is 6.21. The largest absolute Gasteiger partial charge is 1.00 e. The van der Waals surface area contributed by atoms with E-state index in [1.165, 1.54) is 0 Å². The summed E-state index contributed by atoms with van der Waals surface area (Å²) in [5, 5.41) is 10.5. The molecule has 1 heterocycles. The second-order valence-electron chi connectivity index (χ2n) is 3.55. The molecule has 92 valence electrons. The van der Waals surface area contributed by atoms with Gasteiger partial charge in [-0.3, -0.25) is 4.79 Å². The SMILES string of the molecule is O=C([O-])CSC1=NC(=O)CC(c2ccccc2)=N1.[Na+]. The van der Waals surface area contributed by atoms with Crippen LogP contribution in [-0.4, -0.2) is 28.5 Å². The maximum Gasteiger partial charge on any atom is 1.00 e. The summed E-state index contributed by atoms with van der Waals surface area (Å²) in [4.78, 5) is 29.7. The molecule has 0 aromatic heterocycles. The van der Waals surface area contributed by atoms with E-state index >= 15 is 0 Å². The zero-order valence-corrected chi connectivity index (χ0v) is 13.1. The molecular formula is C12H9N2NaO3S. The van der Waals surface area contributed by atoms with Crippen LogP contribution in [0, 0.1) is 0 Å². The summed E-state index contributed by atoms with van der Waals surface area (Å²) in [6, 6.07) is 9.26. The third kappa shape index (κ3) is 4.91. The Labute approximate surface area is 136 Å². The van der Waals surface area contributed by atoms with Crippen LogP contribution in [0.25, 0.3) is 0 Å². The maximum absolute atomic E-state index is 11.5. The molecule has 1 aliphatic rings. The molecule has 0 spiro atoms. The number of nitrogens with zero attached hydrogens (tertiary/aromatic N) is 2. The summed E-state index contributed by atoms with van der Waals surface area (Å²) >= 11 is 0.887. The molecular weight excluding hydrogens is 275 g/mol. The Morgan fingerprint density at radius 3 is 2.58 bits per heavy atom. The van der Waals surface area contributed by atoms with Gasteiger partial charge in [-0.1, -0.05) is 42.1 Å². The standard InChI is InChI=1S/C12H10N2O3S.Na/c15-10-6-9(8-4-2-1-3-5-8)13-12(14-10)18-7-11(16)17;/h1-5H,6-7H2,(H,16,17);/q;+1/p-1. The Balaban J connectivity index is 0.00000180. The van der Waals surface area contributed by atoms with Crippen LogP contribution in [0.15, 0.2) is 40.3 Å². The summed E-state index contributed by atoms with van der Waals surface area (Å²) in [6.07, 6.45) is 0.138. The summed E-state index contributed by atoms with van der Waals surface area (Å²) in [6.45, 7) is 0. The molecule has 5 nitrogen and oxygen atoms in total. The van der Waals surface area contributed by atoms with E-state index in [1.807, 2.05) is 30.3 Å². The number of thioether (sulfide) groups is 1. The molecule has 0 aliphatic carbocycles. The molecule has 1 aliphatic heterocycles. The van der Waals surface area contributed by atoms with Gasteiger partial charge in [0.2, 0.25) is 0 Å². The van der Waals surface area contributed by atoms with Crippen molar-refractivity contribution in [2.24, 2.45) is 9.98 Å². The Morgan fingerprint density at radius 2 is 1.95 bits per heavy atom. The number of hydrogen-bond acceptors (Lipinski definition) is 5. The van der Waals surface area contributed by atoms with Gasteiger partial charge in [-0.05, 0) is 5.56 Å². The average molecular weight is 284 g/mol. The van der Waals surface area contributed by atoms with Crippen molar-refractivity contribution in [3.63, 3.8) is 0 Å². The molecule has 0 atom stereocenters. The number of carboxylic acids is 1. The molecule has 0 radical (unpaired) electrons. The van der Waals surface area contributed by atoms with Crippen LogP contribution in [0.5, 0.6) is 0 Å². The maximum atomic E-state index is 11.5. The molecule has 0 unspecified atom stereocenters. The molecule has 1 aromatic rings. The van der Waals surface area contributed by atoms with Gasteiger partial charge in [0.05, 0.1) is 18.1 Å². The fourth-order valence-corrected chi connectivity index (χ4v) is 2.04. The first-order chi connectivity index (χ1) is 8.65. The van der Waals surface area contributed by atoms with Crippen molar-refractivity contribution in [1.82, 2.24) is 0 Å². The van der Waals surface area contributed by atoms with Crippen LogP contribution in [0.2, 0.25) is 0 Å². The molecule has 19 heavy (non-hydrogen) atoms. The fraction of sp³-hybridized carbons (Fsp3) is 0.167. The molecule has 1 aromatic carbocycles. The normalized spacial score (nSPS) is 14.2. The van der Waals surface area contributed by atoms with E-state index in [4.69, 9.17) is 0 Å². The van der Waals surface area contributed by atoms with Crippen molar-refractivity contribution in [3.8, 4) is 0 Å². The van der Waals surface area contributed by atoms with E-state index in [2.05, 4.69) is 9.98 Å². The van der Waals surface area contributed by atoms with Crippen molar-refractivity contribution in [2.75, 3.05) is 5.75 Å². The summed E-state index contributed by atoms with van der Waals surface area (Å²) in [5.41, 5.74) is 1.45. The zero-order valence-electron chi connectivity index (χ0n) is 10.3. The molecule has 0 saturated heterocycles. The smallest absolute Gasteiger partial charge is 0.549 e. The number of amides is 1. The number of amidine groups is 1. The summed E-state index contributed by atoms with van der Waals surface area (Å²) in [5.74, 6) is -1.79. The van der Waals surface area contributed by atoms with E-state index in [-0.39, 0.29) is 52.8 Å². The first kappa shape index (κ1) is 16.1. The Kier molecular flexibility index (Phi) is 6.44. The van der Waals surface area contributed by atoms with E-state index < -0.39 is 5.97 Å². The molecule has 1 amide bonds. The number of hydrogen-bond donors (Lipinski definition) is 0. The van der Waals surface area contributed by atoms with E-state index in [0.717, 1.165) is 17.3 Å². The number of carboxylic acid groups (broad SMARTS) is 1. The number of aliphatic carboxylic acids is 1. The van der Waals surface area contributed by atoms with E-state index in [9.17, 15) is 14.7 Å². The van der Waals surface area contributed by atoms with E-state index in [1.54, 1.807) is 0 Å². The van der Waals surface area contributed by atoms with Crippen LogP contribution in [0.4, 0.5) is 0 Å². The summed E-state index contributed by atoms with van der Waals surface area (Å²) in [7, 11) is 0. The predicted molar refractivity (Wildman–Crippen MR) is 67.5 cm³/mol. The summed E-state index contributed by atoms with van der Waals surface area (Å²) < 4.78 is 0. The van der Waals surface area contributed by atoms with E-state index in [0.29, 0.717) is 5.71 Å². The topological polar surface area (TPSA) is 81.9 Å². The van der Waals surface area contributed by atoms with Crippen molar-refractivity contribution < 1.29 is 44.3 Å². The van der Waals surface area contributed by atoms with Crippen molar-refractivity contribution in [2.45, 2.75) is 6.42 Å². The van der Waals surface area contributed by atoms with Crippen molar-refractivity contribution in [1.29, 1.82) is 0 Å². The predicted octanol–water partition coefficient (Wildman–Crippen LogP) is -2.75. The van der Waals surface area contributed by atoms with Gasteiger partial charge in [-0.2, -0.15) is 4.99 Å². The molecule has 0 saturated carbocycles. The molecule has 2 rings (SSSR count). The fourth-order valence-electron chi connectivity index (χ4n) is 1.45. The number of rotatable bonds is 3. The number of aliphatic imine (C=N–C) groups is 2. The van der Waals surface area contributed by atoms with Gasteiger partial charge < -0.3 is 9.90 Å². The zero-order chi connectivity index (χ0) is 13.0. The van der Waals surface area contributed by atoms with Crippen LogP contribution >= 0.6 is 11.8 Å². The van der Waals surface area contributed by atoms with Crippen LogP contribution < -0.4 is 34.7 Å². The minimum absolute atomic E-state index is 0. The Morgan fingerprint density at radius 1 is 1.26 bits per heavy atom. The molecule has 0 N–H and O–H groups in total. The monoisotopic (exact) mass is 284 g/mol. The number of carbonyl (C=O) groups is 2. The van der Waals surface area contributed by atoms with Gasteiger partial charge in [0.25, 0.3) is 5.91 Å². The number of benzene rings is 1. The van der Waals surface area contributed by atoms with Crippen LogP contribution in [0.1, 0.15) is 12.0 Å². The van der Waals surface area contributed by atoms with Gasteiger partial charge in [-0.15, -0.1) is 0 Å². The third-order valence-electron chi connectivity index (χ3n) is 2.20. The van der Waals surface area contributed by atoms with Gasteiger partial charge in [0, 0.05) is 5.75 Å². The van der Waals surface area contributed by atoms with Crippen LogP contribution in [-0.2, 0) is 9.59 Å². The van der Waals surface area contributed by atoms with Gasteiger partial charge in [0.15, 0.2) is 5.17 Å². The van der Waals surface area contributed by atoms with Gasteiger partial charge in [-0.25, -0.2) is 4.99 Å². The van der Waals surface area contributed by atoms with Crippen molar-refractivity contribution >= 4 is 34.5 Å². The minimum Gasteiger partial charge on any atom is -0.549 e. The number of carbonyl (C=O) groups excluding carboxylic acids is 2. The Hall–Kier alpha value is -0.950. The average Bonchev–Trinajstić information content (AvgIpc) is 2.37. The minimum atomic E-state index is -1.21.